The van der Waals surface area contributed by atoms with Crippen molar-refractivity contribution in [1.82, 2.24) is 19.4 Å². The maximum atomic E-state index is 12.3. The van der Waals surface area contributed by atoms with Crippen LogP contribution in [0.5, 0.6) is 0 Å². The third-order valence-corrected chi connectivity index (χ3v) is 6.87. The SMILES string of the molecule is Cc1cc(-c2nc3ccc(CN[C@H](C(=O)O)[C@@H](C)O)cc3n2CC2CCCCC2)cn(C)c1=O.Cl. The Kier molecular flexibility index (Phi) is 8.74. The largest absolute Gasteiger partial charge is 0.480 e. The minimum Gasteiger partial charge on any atom is -0.480 e. The normalized spacial score (nSPS) is 16.1. The summed E-state index contributed by atoms with van der Waals surface area (Å²) < 4.78 is 3.86. The van der Waals surface area contributed by atoms with Gasteiger partial charge >= 0.3 is 5.97 Å². The van der Waals surface area contributed by atoms with Crippen LogP contribution in [0.2, 0.25) is 0 Å². The molecule has 9 heteroatoms. The lowest BCUT2D eigenvalue weighted by Gasteiger charge is -2.23. The van der Waals surface area contributed by atoms with E-state index in [1.54, 1.807) is 11.6 Å². The summed E-state index contributed by atoms with van der Waals surface area (Å²) in [7, 11) is 1.76. The molecule has 190 valence electrons. The van der Waals surface area contributed by atoms with Gasteiger partial charge in [-0.25, -0.2) is 4.98 Å². The summed E-state index contributed by atoms with van der Waals surface area (Å²) in [4.78, 5) is 28.6. The van der Waals surface area contributed by atoms with Crippen molar-refractivity contribution in [1.29, 1.82) is 0 Å². The monoisotopic (exact) mass is 502 g/mol. The highest BCUT2D eigenvalue weighted by molar-refractivity contribution is 5.85. The van der Waals surface area contributed by atoms with Crippen LogP contribution in [-0.2, 0) is 24.9 Å². The first-order valence-electron chi connectivity index (χ1n) is 12.1. The summed E-state index contributed by atoms with van der Waals surface area (Å²) in [6.45, 7) is 4.47. The number of imidazole rings is 1. The molecule has 1 aliphatic carbocycles. The van der Waals surface area contributed by atoms with Crippen LogP contribution in [0.4, 0.5) is 0 Å². The Hall–Kier alpha value is -2.68. The van der Waals surface area contributed by atoms with Crippen LogP contribution in [0.3, 0.4) is 0 Å². The molecule has 2 atom stereocenters. The Balaban J connectivity index is 0.00000342. The fourth-order valence-electron chi connectivity index (χ4n) is 5.00. The van der Waals surface area contributed by atoms with Gasteiger partial charge in [-0.15, -0.1) is 12.4 Å². The molecule has 0 aliphatic heterocycles. The fraction of sp³-hybridized carbons (Fsp3) is 0.500. The number of halogens is 1. The van der Waals surface area contributed by atoms with Crippen LogP contribution in [0.25, 0.3) is 22.4 Å². The minimum absolute atomic E-state index is 0. The number of aromatic nitrogens is 3. The predicted octanol–water partition coefficient (Wildman–Crippen LogP) is 3.64. The van der Waals surface area contributed by atoms with Gasteiger partial charge in [-0.1, -0.05) is 25.3 Å². The molecule has 3 N–H and O–H groups in total. The van der Waals surface area contributed by atoms with Crippen molar-refractivity contribution < 1.29 is 15.0 Å². The first-order valence-corrected chi connectivity index (χ1v) is 12.1. The number of nitrogens with zero attached hydrogens (tertiary/aromatic N) is 3. The molecule has 0 radical (unpaired) electrons. The summed E-state index contributed by atoms with van der Waals surface area (Å²) in [5, 5.41) is 22.1. The third kappa shape index (κ3) is 5.94. The van der Waals surface area contributed by atoms with Crippen molar-refractivity contribution in [3.8, 4) is 11.4 Å². The van der Waals surface area contributed by atoms with E-state index in [1.807, 2.05) is 31.3 Å². The zero-order chi connectivity index (χ0) is 24.4. The topological polar surface area (TPSA) is 109 Å². The average Bonchev–Trinajstić information content (AvgIpc) is 3.15. The molecule has 2 heterocycles. The van der Waals surface area contributed by atoms with E-state index in [0.717, 1.165) is 34.5 Å². The molecule has 1 aliphatic rings. The summed E-state index contributed by atoms with van der Waals surface area (Å²) >= 11 is 0. The van der Waals surface area contributed by atoms with Gasteiger partial charge in [-0.05, 0) is 56.4 Å². The zero-order valence-corrected chi connectivity index (χ0v) is 21.3. The van der Waals surface area contributed by atoms with Crippen LogP contribution < -0.4 is 10.9 Å². The Bertz CT molecular complexity index is 1220. The number of carbonyl (C=O) groups is 1. The molecule has 0 spiro atoms. The van der Waals surface area contributed by atoms with Gasteiger partial charge in [0.1, 0.15) is 11.9 Å². The molecular formula is C26H35ClN4O4. The van der Waals surface area contributed by atoms with Crippen molar-refractivity contribution in [3.63, 3.8) is 0 Å². The van der Waals surface area contributed by atoms with E-state index in [2.05, 4.69) is 16.0 Å². The predicted molar refractivity (Wildman–Crippen MR) is 139 cm³/mol. The third-order valence-electron chi connectivity index (χ3n) is 6.87. The first-order chi connectivity index (χ1) is 16.2. The average molecular weight is 503 g/mol. The summed E-state index contributed by atoms with van der Waals surface area (Å²) in [6.07, 6.45) is 7.02. The van der Waals surface area contributed by atoms with Gasteiger partial charge in [0.25, 0.3) is 5.56 Å². The number of fused-ring (bicyclic) bond motifs is 1. The van der Waals surface area contributed by atoms with Gasteiger partial charge in [0, 0.05) is 37.5 Å². The highest BCUT2D eigenvalue weighted by atomic mass is 35.5. The van der Waals surface area contributed by atoms with E-state index >= 15 is 0 Å². The fourth-order valence-corrected chi connectivity index (χ4v) is 5.00. The molecule has 0 unspecified atom stereocenters. The van der Waals surface area contributed by atoms with E-state index in [9.17, 15) is 19.8 Å². The zero-order valence-electron chi connectivity index (χ0n) is 20.5. The molecule has 2 aromatic heterocycles. The van der Waals surface area contributed by atoms with Crippen molar-refractivity contribution in [2.24, 2.45) is 13.0 Å². The van der Waals surface area contributed by atoms with Gasteiger partial charge in [-0.2, -0.15) is 0 Å². The maximum absolute atomic E-state index is 12.3. The van der Waals surface area contributed by atoms with E-state index < -0.39 is 18.1 Å². The second-order valence-corrected chi connectivity index (χ2v) is 9.64. The number of nitrogens with one attached hydrogen (secondary N) is 1. The van der Waals surface area contributed by atoms with E-state index in [1.165, 1.54) is 39.0 Å². The number of aliphatic hydroxyl groups is 1. The lowest BCUT2D eigenvalue weighted by atomic mass is 9.89. The van der Waals surface area contributed by atoms with Gasteiger partial charge in [-0.3, -0.25) is 14.9 Å². The number of aliphatic carboxylic acids is 1. The molecule has 8 nitrogen and oxygen atoms in total. The lowest BCUT2D eigenvalue weighted by Crippen LogP contribution is -2.44. The van der Waals surface area contributed by atoms with Crippen molar-refractivity contribution in [2.75, 3.05) is 0 Å². The van der Waals surface area contributed by atoms with Gasteiger partial charge in [0.15, 0.2) is 0 Å². The highest BCUT2D eigenvalue weighted by Crippen LogP contribution is 2.31. The summed E-state index contributed by atoms with van der Waals surface area (Å²) in [5.74, 6) is 0.342. The van der Waals surface area contributed by atoms with Crippen LogP contribution in [0.1, 0.15) is 50.2 Å². The van der Waals surface area contributed by atoms with Gasteiger partial charge < -0.3 is 19.3 Å². The first kappa shape index (κ1) is 26.9. The number of aliphatic hydroxyl groups excluding tert-OH is 1. The van der Waals surface area contributed by atoms with Crippen LogP contribution in [0, 0.1) is 12.8 Å². The Morgan fingerprint density at radius 1 is 1.23 bits per heavy atom. The van der Waals surface area contributed by atoms with E-state index in [4.69, 9.17) is 4.98 Å². The molecule has 4 rings (SSSR count). The number of carboxylic acids is 1. The van der Waals surface area contributed by atoms with Crippen LogP contribution in [0.15, 0.2) is 35.3 Å². The molecule has 0 bridgehead atoms. The molecule has 1 saturated carbocycles. The quantitative estimate of drug-likeness (QED) is 0.434. The smallest absolute Gasteiger partial charge is 0.323 e. The number of hydrogen-bond donors (Lipinski definition) is 3. The van der Waals surface area contributed by atoms with Crippen LogP contribution in [-0.4, -0.2) is 42.4 Å². The lowest BCUT2D eigenvalue weighted by molar-refractivity contribution is -0.142. The Labute approximate surface area is 211 Å². The Morgan fingerprint density at radius 2 is 1.94 bits per heavy atom. The number of benzene rings is 1. The summed E-state index contributed by atoms with van der Waals surface area (Å²) in [6, 6.07) is 6.82. The van der Waals surface area contributed by atoms with Crippen molar-refractivity contribution in [2.45, 2.75) is 71.2 Å². The number of rotatable bonds is 8. The Morgan fingerprint density at radius 3 is 2.57 bits per heavy atom. The molecule has 3 aromatic rings. The molecule has 0 saturated heterocycles. The van der Waals surface area contributed by atoms with Gasteiger partial charge in [0.05, 0.1) is 17.1 Å². The molecular weight excluding hydrogens is 468 g/mol. The van der Waals surface area contributed by atoms with E-state index in [0.29, 0.717) is 18.0 Å². The minimum atomic E-state index is -1.08. The molecule has 35 heavy (non-hydrogen) atoms. The molecule has 1 aromatic carbocycles. The number of hydrogen-bond acceptors (Lipinski definition) is 5. The number of pyridine rings is 1. The number of aryl methyl sites for hydroxylation is 2. The summed E-state index contributed by atoms with van der Waals surface area (Å²) in [5.41, 5.74) is 4.36. The van der Waals surface area contributed by atoms with Crippen LogP contribution >= 0.6 is 12.4 Å². The second kappa shape index (κ2) is 11.4. The molecule has 0 amide bonds. The van der Waals surface area contributed by atoms with Gasteiger partial charge in [0.2, 0.25) is 0 Å². The highest BCUT2D eigenvalue weighted by Gasteiger charge is 2.23. The maximum Gasteiger partial charge on any atom is 0.323 e. The van der Waals surface area contributed by atoms with Crippen molar-refractivity contribution in [3.05, 3.63) is 51.9 Å². The number of carboxylic acid groups (broad SMARTS) is 1. The van der Waals surface area contributed by atoms with Crippen molar-refractivity contribution >= 4 is 29.4 Å². The standard InChI is InChI=1S/C26H34N4O4.ClH/c1-16-11-20(15-29(3)25(16)32)24-28-21-10-9-19(13-27-23(17(2)31)26(33)34)12-22(21)30(24)14-18-7-5-4-6-8-18;/h9-12,15,17-18,23,27,31H,4-8,13-14H2,1-3H3,(H,33,34);1H/t17-,23+;/m1./s1. The molecule has 1 fully saturated rings. The second-order valence-electron chi connectivity index (χ2n) is 9.64. The van der Waals surface area contributed by atoms with E-state index in [-0.39, 0.29) is 18.0 Å².